The van der Waals surface area contributed by atoms with Crippen molar-refractivity contribution >= 4 is 31.6 Å². The van der Waals surface area contributed by atoms with Gasteiger partial charge < -0.3 is 0 Å². The fourth-order valence-corrected chi connectivity index (χ4v) is 2.62. The van der Waals surface area contributed by atoms with Crippen LogP contribution in [0.3, 0.4) is 0 Å². The SMILES string of the molecule is Cn1cc(NS(=O)(=O)c2ccc(Br)c(F)c2)cn1. The van der Waals surface area contributed by atoms with E-state index in [1.54, 1.807) is 7.05 Å². The second-order valence-electron chi connectivity index (χ2n) is 3.58. The molecule has 0 aliphatic heterocycles. The summed E-state index contributed by atoms with van der Waals surface area (Å²) in [5.41, 5.74) is 0.320. The molecule has 2 aromatic rings. The van der Waals surface area contributed by atoms with Gasteiger partial charge in [0.2, 0.25) is 0 Å². The van der Waals surface area contributed by atoms with E-state index >= 15 is 0 Å². The van der Waals surface area contributed by atoms with Gasteiger partial charge in [0.15, 0.2) is 0 Å². The van der Waals surface area contributed by atoms with Gasteiger partial charge in [-0.1, -0.05) is 0 Å². The molecule has 0 spiro atoms. The Bertz CT molecular complexity index is 684. The molecule has 96 valence electrons. The topological polar surface area (TPSA) is 64.0 Å². The molecule has 1 aromatic heterocycles. The summed E-state index contributed by atoms with van der Waals surface area (Å²) in [6.45, 7) is 0. The molecule has 2 rings (SSSR count). The van der Waals surface area contributed by atoms with Crippen LogP contribution >= 0.6 is 15.9 Å². The number of sulfonamides is 1. The van der Waals surface area contributed by atoms with Crippen molar-refractivity contribution in [3.05, 3.63) is 40.9 Å². The number of nitrogens with zero attached hydrogens (tertiary/aromatic N) is 2. The normalized spacial score (nSPS) is 11.5. The third-order valence-electron chi connectivity index (χ3n) is 2.16. The van der Waals surface area contributed by atoms with Gasteiger partial charge in [0.1, 0.15) is 5.82 Å². The molecule has 8 heteroatoms. The maximum absolute atomic E-state index is 13.3. The number of hydrogen-bond donors (Lipinski definition) is 1. The van der Waals surface area contributed by atoms with Gasteiger partial charge in [-0.2, -0.15) is 5.10 Å². The van der Waals surface area contributed by atoms with Gasteiger partial charge in [0.05, 0.1) is 21.3 Å². The van der Waals surface area contributed by atoms with Crippen LogP contribution in [0.5, 0.6) is 0 Å². The standard InChI is InChI=1S/C10H9BrFN3O2S/c1-15-6-7(5-13-15)14-18(16,17)8-2-3-9(11)10(12)4-8/h2-6,14H,1H3. The largest absolute Gasteiger partial charge is 0.276 e. The molecule has 0 unspecified atom stereocenters. The van der Waals surface area contributed by atoms with E-state index in [1.165, 1.54) is 29.2 Å². The lowest BCUT2D eigenvalue weighted by Gasteiger charge is -2.06. The zero-order valence-electron chi connectivity index (χ0n) is 9.26. The van der Waals surface area contributed by atoms with E-state index in [1.807, 2.05) is 0 Å². The minimum Gasteiger partial charge on any atom is -0.276 e. The molecular formula is C10H9BrFN3O2S. The average Bonchev–Trinajstić information content (AvgIpc) is 2.67. The van der Waals surface area contributed by atoms with E-state index < -0.39 is 15.8 Å². The highest BCUT2D eigenvalue weighted by Gasteiger charge is 2.16. The third-order valence-corrected chi connectivity index (χ3v) is 4.18. The number of nitrogens with one attached hydrogen (secondary N) is 1. The zero-order valence-corrected chi connectivity index (χ0v) is 11.7. The second-order valence-corrected chi connectivity index (χ2v) is 6.12. The summed E-state index contributed by atoms with van der Waals surface area (Å²) in [4.78, 5) is -0.146. The predicted octanol–water partition coefficient (Wildman–Crippen LogP) is 2.12. The van der Waals surface area contributed by atoms with Gasteiger partial charge in [0, 0.05) is 13.2 Å². The smallest absolute Gasteiger partial charge is 0.262 e. The number of aromatic nitrogens is 2. The summed E-state index contributed by atoms with van der Waals surface area (Å²) < 4.78 is 41.2. The molecule has 5 nitrogen and oxygen atoms in total. The molecule has 18 heavy (non-hydrogen) atoms. The number of hydrogen-bond acceptors (Lipinski definition) is 3. The fourth-order valence-electron chi connectivity index (χ4n) is 1.33. The number of rotatable bonds is 3. The van der Waals surface area contributed by atoms with Crippen LogP contribution in [0.15, 0.2) is 40.0 Å². The minimum atomic E-state index is -3.80. The zero-order chi connectivity index (χ0) is 13.3. The highest BCUT2D eigenvalue weighted by molar-refractivity contribution is 9.10. The van der Waals surface area contributed by atoms with Crippen molar-refractivity contribution in [3.63, 3.8) is 0 Å². The van der Waals surface area contributed by atoms with Crippen LogP contribution in [0.4, 0.5) is 10.1 Å². The molecule has 1 N–H and O–H groups in total. The lowest BCUT2D eigenvalue weighted by atomic mass is 10.3. The molecule has 0 atom stereocenters. The molecule has 1 heterocycles. The van der Waals surface area contributed by atoms with Gasteiger partial charge in [-0.25, -0.2) is 12.8 Å². The van der Waals surface area contributed by atoms with Crippen LogP contribution < -0.4 is 4.72 Å². The van der Waals surface area contributed by atoms with Crippen molar-refractivity contribution in [2.24, 2.45) is 7.05 Å². The van der Waals surface area contributed by atoms with Crippen molar-refractivity contribution in [2.45, 2.75) is 4.90 Å². The first-order valence-electron chi connectivity index (χ1n) is 4.85. The first-order valence-corrected chi connectivity index (χ1v) is 7.12. The third kappa shape index (κ3) is 2.70. The van der Waals surface area contributed by atoms with Crippen molar-refractivity contribution < 1.29 is 12.8 Å². The second kappa shape index (κ2) is 4.69. The Kier molecular flexibility index (Phi) is 3.40. The van der Waals surface area contributed by atoms with Crippen LogP contribution in [0, 0.1) is 5.82 Å². The molecule has 0 aliphatic rings. The predicted molar refractivity (Wildman–Crippen MR) is 68.1 cm³/mol. The Hall–Kier alpha value is -1.41. The maximum atomic E-state index is 13.3. The fraction of sp³-hybridized carbons (Fsp3) is 0.100. The van der Waals surface area contributed by atoms with Crippen LogP contribution in [0.2, 0.25) is 0 Å². The van der Waals surface area contributed by atoms with Gasteiger partial charge in [-0.15, -0.1) is 0 Å². The van der Waals surface area contributed by atoms with Gasteiger partial charge in [0.25, 0.3) is 10.0 Å². The molecule has 0 saturated heterocycles. The lowest BCUT2D eigenvalue weighted by molar-refractivity contribution is 0.593. The molecule has 0 amide bonds. The quantitative estimate of drug-likeness (QED) is 0.935. The Morgan fingerprint density at radius 3 is 2.72 bits per heavy atom. The number of halogens is 2. The maximum Gasteiger partial charge on any atom is 0.262 e. The number of aryl methyl sites for hydroxylation is 1. The molecular weight excluding hydrogens is 325 g/mol. The van der Waals surface area contributed by atoms with Crippen molar-refractivity contribution in [3.8, 4) is 0 Å². The van der Waals surface area contributed by atoms with E-state index in [0.29, 0.717) is 5.69 Å². The first kappa shape index (κ1) is 13.0. The monoisotopic (exact) mass is 333 g/mol. The number of benzene rings is 1. The van der Waals surface area contributed by atoms with Gasteiger partial charge >= 0.3 is 0 Å². The highest BCUT2D eigenvalue weighted by Crippen LogP contribution is 2.21. The molecule has 0 radical (unpaired) electrons. The Morgan fingerprint density at radius 1 is 1.44 bits per heavy atom. The van der Waals surface area contributed by atoms with E-state index in [2.05, 4.69) is 25.8 Å². The van der Waals surface area contributed by atoms with Crippen LogP contribution in [-0.2, 0) is 17.1 Å². The summed E-state index contributed by atoms with van der Waals surface area (Å²) >= 11 is 2.96. The minimum absolute atomic E-state index is 0.146. The van der Waals surface area contributed by atoms with Crippen LogP contribution in [-0.4, -0.2) is 18.2 Å². The summed E-state index contributed by atoms with van der Waals surface area (Å²) in [5, 5.41) is 3.83. The molecule has 0 saturated carbocycles. The van der Waals surface area contributed by atoms with Crippen molar-refractivity contribution in [1.29, 1.82) is 0 Å². The molecule has 0 fully saturated rings. The van der Waals surface area contributed by atoms with Crippen LogP contribution in [0.25, 0.3) is 0 Å². The van der Waals surface area contributed by atoms with E-state index in [9.17, 15) is 12.8 Å². The summed E-state index contributed by atoms with van der Waals surface area (Å²) in [6, 6.07) is 3.60. The molecule has 0 aliphatic carbocycles. The van der Waals surface area contributed by atoms with Crippen molar-refractivity contribution in [1.82, 2.24) is 9.78 Å². The molecule has 0 bridgehead atoms. The summed E-state index contributed by atoms with van der Waals surface area (Å²) in [5.74, 6) is -0.635. The summed E-state index contributed by atoms with van der Waals surface area (Å²) in [7, 11) is -2.14. The van der Waals surface area contributed by atoms with Crippen LogP contribution in [0.1, 0.15) is 0 Å². The van der Waals surface area contributed by atoms with Gasteiger partial charge in [-0.05, 0) is 34.1 Å². The van der Waals surface area contributed by atoms with E-state index in [4.69, 9.17) is 0 Å². The van der Waals surface area contributed by atoms with E-state index in [-0.39, 0.29) is 9.37 Å². The highest BCUT2D eigenvalue weighted by atomic mass is 79.9. The Morgan fingerprint density at radius 2 is 2.17 bits per heavy atom. The lowest BCUT2D eigenvalue weighted by Crippen LogP contribution is -2.12. The first-order chi connectivity index (χ1) is 8.38. The Balaban J connectivity index is 2.33. The van der Waals surface area contributed by atoms with E-state index in [0.717, 1.165) is 6.07 Å². The number of anilines is 1. The van der Waals surface area contributed by atoms with Gasteiger partial charge in [-0.3, -0.25) is 9.40 Å². The average molecular weight is 334 g/mol. The Labute approximate surface area is 112 Å². The summed E-state index contributed by atoms with van der Waals surface area (Å²) in [6.07, 6.45) is 2.87. The molecule has 1 aromatic carbocycles. The van der Waals surface area contributed by atoms with Crippen molar-refractivity contribution in [2.75, 3.05) is 4.72 Å².